The van der Waals surface area contributed by atoms with E-state index in [1.54, 1.807) is 0 Å². The molecule has 0 unspecified atom stereocenters. The third-order valence-corrected chi connectivity index (χ3v) is 5.12. The number of piperidine rings is 1. The molecule has 3 N–H and O–H groups in total. The molecule has 0 aromatic heterocycles. The monoisotopic (exact) mass is 369 g/mol. The van der Waals surface area contributed by atoms with E-state index in [4.69, 9.17) is 10.5 Å². The molecule has 2 heterocycles. The number of rotatable bonds is 6. The topological polar surface area (TPSA) is 67.6 Å². The van der Waals surface area contributed by atoms with E-state index in [0.29, 0.717) is 25.7 Å². The highest BCUT2D eigenvalue weighted by atomic mass is 35.5. The first-order chi connectivity index (χ1) is 10.2. The fourth-order valence-electron chi connectivity index (χ4n) is 3.44. The van der Waals surface area contributed by atoms with Crippen LogP contribution in [0.3, 0.4) is 0 Å². The number of likely N-dealkylation sites (tertiary alicyclic amines) is 1. The van der Waals surface area contributed by atoms with Crippen molar-refractivity contribution in [1.29, 1.82) is 0 Å². The van der Waals surface area contributed by atoms with Crippen molar-refractivity contribution in [3.8, 4) is 0 Å². The Labute approximate surface area is 152 Å². The summed E-state index contributed by atoms with van der Waals surface area (Å²) in [6.45, 7) is 8.31. The molecule has 0 radical (unpaired) electrons. The van der Waals surface area contributed by atoms with Gasteiger partial charge in [-0.05, 0) is 57.7 Å². The van der Waals surface area contributed by atoms with E-state index >= 15 is 0 Å². The molecule has 0 spiro atoms. The number of nitrogens with two attached hydrogens (primary N) is 1. The predicted molar refractivity (Wildman–Crippen MR) is 98.5 cm³/mol. The lowest BCUT2D eigenvalue weighted by Gasteiger charge is -2.36. The highest BCUT2D eigenvalue weighted by Gasteiger charge is 2.38. The first-order valence-corrected chi connectivity index (χ1v) is 8.48. The maximum atomic E-state index is 12.5. The zero-order valence-corrected chi connectivity index (χ0v) is 15.9. The molecular formula is C16H33Cl2N3O2. The van der Waals surface area contributed by atoms with Gasteiger partial charge in [-0.1, -0.05) is 6.92 Å². The van der Waals surface area contributed by atoms with Crippen molar-refractivity contribution in [2.45, 2.75) is 39.0 Å². The second-order valence-electron chi connectivity index (χ2n) is 6.59. The van der Waals surface area contributed by atoms with E-state index in [2.05, 4.69) is 17.1 Å². The smallest absolute Gasteiger partial charge is 0.227 e. The third kappa shape index (κ3) is 6.39. The van der Waals surface area contributed by atoms with Crippen LogP contribution in [0.1, 0.15) is 39.0 Å². The van der Waals surface area contributed by atoms with Crippen molar-refractivity contribution in [1.82, 2.24) is 10.2 Å². The van der Waals surface area contributed by atoms with Crippen LogP contribution in [0.4, 0.5) is 0 Å². The SMILES string of the molecule is CCCN1CCC(CNC(=O)C2(CN)CCOCC2)CC1.Cl.Cl. The van der Waals surface area contributed by atoms with Crippen LogP contribution in [0.5, 0.6) is 0 Å². The van der Waals surface area contributed by atoms with Gasteiger partial charge in [-0.15, -0.1) is 24.8 Å². The Balaban J connectivity index is 0.00000242. The standard InChI is InChI=1S/C16H31N3O2.2ClH/c1-2-7-19-8-3-14(4-9-19)12-18-15(20)16(13-17)5-10-21-11-6-16;;/h14H,2-13,17H2,1H3,(H,18,20);2*1H. The Morgan fingerprint density at radius 1 is 1.26 bits per heavy atom. The molecule has 0 aromatic carbocycles. The minimum atomic E-state index is -0.388. The van der Waals surface area contributed by atoms with Gasteiger partial charge in [0.15, 0.2) is 0 Å². The van der Waals surface area contributed by atoms with Crippen molar-refractivity contribution in [2.75, 3.05) is 45.9 Å². The number of halogens is 2. The van der Waals surface area contributed by atoms with Crippen molar-refractivity contribution < 1.29 is 9.53 Å². The van der Waals surface area contributed by atoms with E-state index in [0.717, 1.165) is 19.4 Å². The van der Waals surface area contributed by atoms with Crippen molar-refractivity contribution in [2.24, 2.45) is 17.1 Å². The Hall–Kier alpha value is -0.0700. The molecule has 0 atom stereocenters. The minimum Gasteiger partial charge on any atom is -0.381 e. The molecule has 7 heteroatoms. The summed E-state index contributed by atoms with van der Waals surface area (Å²) < 4.78 is 5.36. The van der Waals surface area contributed by atoms with Gasteiger partial charge in [0.25, 0.3) is 0 Å². The molecule has 2 saturated heterocycles. The van der Waals surface area contributed by atoms with Crippen molar-refractivity contribution >= 4 is 30.7 Å². The summed E-state index contributed by atoms with van der Waals surface area (Å²) in [6.07, 6.45) is 5.12. The number of carbonyl (C=O) groups is 1. The molecule has 2 aliphatic heterocycles. The van der Waals surface area contributed by atoms with E-state index < -0.39 is 0 Å². The van der Waals surface area contributed by atoms with Gasteiger partial charge in [0, 0.05) is 26.3 Å². The number of hydrogen-bond donors (Lipinski definition) is 2. The molecule has 1 amide bonds. The van der Waals surface area contributed by atoms with Gasteiger partial charge in [0.05, 0.1) is 5.41 Å². The van der Waals surface area contributed by atoms with Gasteiger partial charge in [-0.25, -0.2) is 0 Å². The van der Waals surface area contributed by atoms with E-state index in [9.17, 15) is 4.79 Å². The van der Waals surface area contributed by atoms with Crippen molar-refractivity contribution in [3.63, 3.8) is 0 Å². The summed E-state index contributed by atoms with van der Waals surface area (Å²) in [7, 11) is 0. The zero-order chi connectivity index (χ0) is 15.1. The molecule has 0 saturated carbocycles. The van der Waals surface area contributed by atoms with E-state index in [-0.39, 0.29) is 36.1 Å². The number of nitrogens with zero attached hydrogens (tertiary/aromatic N) is 1. The largest absolute Gasteiger partial charge is 0.381 e. The number of nitrogens with one attached hydrogen (secondary N) is 1. The Kier molecular flexibility index (Phi) is 11.4. The zero-order valence-electron chi connectivity index (χ0n) is 14.2. The number of carbonyl (C=O) groups excluding carboxylic acids is 1. The number of hydrogen-bond acceptors (Lipinski definition) is 4. The van der Waals surface area contributed by atoms with Crippen LogP contribution in [0.15, 0.2) is 0 Å². The Bertz CT molecular complexity index is 331. The van der Waals surface area contributed by atoms with E-state index in [1.807, 2.05) is 0 Å². The first kappa shape index (κ1) is 22.9. The highest BCUT2D eigenvalue weighted by molar-refractivity contribution is 5.85. The molecule has 0 aliphatic carbocycles. The lowest BCUT2D eigenvalue weighted by Crippen LogP contribution is -2.50. The summed E-state index contributed by atoms with van der Waals surface area (Å²) >= 11 is 0. The average Bonchev–Trinajstić information content (AvgIpc) is 2.55. The molecule has 0 bridgehead atoms. The number of amides is 1. The minimum absolute atomic E-state index is 0. The molecule has 5 nitrogen and oxygen atoms in total. The summed E-state index contributed by atoms with van der Waals surface area (Å²) in [4.78, 5) is 15.0. The van der Waals surface area contributed by atoms with Gasteiger partial charge in [0.1, 0.15) is 0 Å². The van der Waals surface area contributed by atoms with E-state index in [1.165, 1.54) is 38.9 Å². The van der Waals surface area contributed by atoms with Crippen LogP contribution >= 0.6 is 24.8 Å². The molecule has 2 aliphatic rings. The summed E-state index contributed by atoms with van der Waals surface area (Å²) in [5.74, 6) is 0.765. The van der Waals surface area contributed by atoms with Gasteiger partial charge >= 0.3 is 0 Å². The van der Waals surface area contributed by atoms with Gasteiger partial charge < -0.3 is 20.7 Å². The van der Waals surface area contributed by atoms with Gasteiger partial charge in [-0.3, -0.25) is 4.79 Å². The maximum absolute atomic E-state index is 12.5. The Morgan fingerprint density at radius 2 is 1.87 bits per heavy atom. The fourth-order valence-corrected chi connectivity index (χ4v) is 3.44. The maximum Gasteiger partial charge on any atom is 0.227 e. The van der Waals surface area contributed by atoms with Crippen LogP contribution in [0.25, 0.3) is 0 Å². The quantitative estimate of drug-likeness (QED) is 0.749. The summed E-state index contributed by atoms with van der Waals surface area (Å²) in [5.41, 5.74) is 5.49. The molecule has 2 fully saturated rings. The Morgan fingerprint density at radius 3 is 2.39 bits per heavy atom. The molecule has 0 aromatic rings. The normalized spacial score (nSPS) is 21.8. The molecule has 2 rings (SSSR count). The second kappa shape index (κ2) is 11.5. The summed E-state index contributed by atoms with van der Waals surface area (Å²) in [6, 6.07) is 0. The van der Waals surface area contributed by atoms with Crippen LogP contribution in [-0.4, -0.2) is 56.7 Å². The first-order valence-electron chi connectivity index (χ1n) is 8.48. The average molecular weight is 370 g/mol. The fraction of sp³-hybridized carbons (Fsp3) is 0.938. The molecular weight excluding hydrogens is 337 g/mol. The number of ether oxygens (including phenoxy) is 1. The highest BCUT2D eigenvalue weighted by Crippen LogP contribution is 2.29. The van der Waals surface area contributed by atoms with Crippen LogP contribution in [0, 0.1) is 11.3 Å². The predicted octanol–water partition coefficient (Wildman–Crippen LogP) is 1.82. The van der Waals surface area contributed by atoms with Gasteiger partial charge in [-0.2, -0.15) is 0 Å². The van der Waals surface area contributed by atoms with Crippen molar-refractivity contribution in [3.05, 3.63) is 0 Å². The lowest BCUT2D eigenvalue weighted by atomic mass is 9.79. The molecule has 138 valence electrons. The van der Waals surface area contributed by atoms with Crippen LogP contribution < -0.4 is 11.1 Å². The molecule has 23 heavy (non-hydrogen) atoms. The van der Waals surface area contributed by atoms with Crippen LogP contribution in [-0.2, 0) is 9.53 Å². The third-order valence-electron chi connectivity index (χ3n) is 5.12. The van der Waals surface area contributed by atoms with Crippen LogP contribution in [0.2, 0.25) is 0 Å². The van der Waals surface area contributed by atoms with Gasteiger partial charge in [0.2, 0.25) is 5.91 Å². The lowest BCUT2D eigenvalue weighted by molar-refractivity contribution is -0.136. The second-order valence-corrected chi connectivity index (χ2v) is 6.59. The summed E-state index contributed by atoms with van der Waals surface area (Å²) in [5, 5.41) is 3.17.